The maximum atomic E-state index is 12.4. The number of carboxylic acids is 1. The zero-order valence-electron chi connectivity index (χ0n) is 16.1. The first kappa shape index (κ1) is 19.9. The number of carbonyl (C=O) groups excluding carboxylic acids is 1. The van der Waals surface area contributed by atoms with Gasteiger partial charge in [-0.05, 0) is 50.5 Å². The summed E-state index contributed by atoms with van der Waals surface area (Å²) in [5, 5.41) is 12.0. The van der Waals surface area contributed by atoms with E-state index in [4.69, 9.17) is 13.9 Å². The molecule has 2 aromatic rings. The second-order valence-corrected chi connectivity index (χ2v) is 7.09. The molecule has 0 bridgehead atoms. The fourth-order valence-electron chi connectivity index (χ4n) is 3.31. The molecule has 0 saturated carbocycles. The zero-order chi connectivity index (χ0) is 20.1. The Morgan fingerprint density at radius 3 is 2.79 bits per heavy atom. The average Bonchev–Trinajstić information content (AvgIpc) is 3.15. The number of nitrogens with one attached hydrogen (secondary N) is 1. The molecule has 0 aliphatic carbocycles. The van der Waals surface area contributed by atoms with Gasteiger partial charge in [0.1, 0.15) is 24.2 Å². The molecule has 1 aliphatic heterocycles. The third-order valence-electron chi connectivity index (χ3n) is 4.81. The van der Waals surface area contributed by atoms with E-state index in [1.807, 2.05) is 32.0 Å². The van der Waals surface area contributed by atoms with Gasteiger partial charge in [0.15, 0.2) is 5.76 Å². The van der Waals surface area contributed by atoms with Crippen LogP contribution in [0.2, 0.25) is 0 Å². The standard InChI is InChI=1S/C21H25NO6/c1-13-5-7-17(14(2)10-13)27-12-16-6-8-18(28-16)20(23)22-19(21(24)25)15-4-3-9-26-11-15/h5-8,10,15,19H,3-4,9,11-12H2,1-2H3,(H,22,23)(H,24,25). The smallest absolute Gasteiger partial charge is 0.326 e. The number of rotatable bonds is 7. The third-order valence-corrected chi connectivity index (χ3v) is 4.81. The van der Waals surface area contributed by atoms with Gasteiger partial charge in [0.2, 0.25) is 0 Å². The van der Waals surface area contributed by atoms with E-state index in [2.05, 4.69) is 5.32 Å². The van der Waals surface area contributed by atoms with E-state index in [0.29, 0.717) is 25.4 Å². The highest BCUT2D eigenvalue weighted by Gasteiger charge is 2.32. The van der Waals surface area contributed by atoms with Crippen LogP contribution in [0.25, 0.3) is 0 Å². The van der Waals surface area contributed by atoms with E-state index in [-0.39, 0.29) is 18.3 Å². The first-order chi connectivity index (χ1) is 13.4. The lowest BCUT2D eigenvalue weighted by atomic mass is 9.93. The van der Waals surface area contributed by atoms with Gasteiger partial charge in [-0.1, -0.05) is 17.7 Å². The predicted molar refractivity (Wildman–Crippen MR) is 101 cm³/mol. The molecule has 1 amide bonds. The summed E-state index contributed by atoms with van der Waals surface area (Å²) in [4.78, 5) is 24.0. The fourth-order valence-corrected chi connectivity index (χ4v) is 3.31. The topological polar surface area (TPSA) is 98.0 Å². The summed E-state index contributed by atoms with van der Waals surface area (Å²) in [5.74, 6) is -0.599. The predicted octanol–water partition coefficient (Wildman–Crippen LogP) is 3.09. The molecule has 1 fully saturated rings. The van der Waals surface area contributed by atoms with Gasteiger partial charge in [-0.2, -0.15) is 0 Å². The lowest BCUT2D eigenvalue weighted by molar-refractivity contribution is -0.142. The summed E-state index contributed by atoms with van der Waals surface area (Å²) < 4.78 is 16.6. The molecule has 2 atom stereocenters. The van der Waals surface area contributed by atoms with Crippen molar-refractivity contribution < 1.29 is 28.6 Å². The highest BCUT2D eigenvalue weighted by molar-refractivity contribution is 5.94. The number of aryl methyl sites for hydroxylation is 2. The van der Waals surface area contributed by atoms with Gasteiger partial charge in [0, 0.05) is 12.5 Å². The Bertz CT molecular complexity index is 837. The number of furan rings is 1. The maximum Gasteiger partial charge on any atom is 0.326 e. The number of hydrogen-bond donors (Lipinski definition) is 2. The van der Waals surface area contributed by atoms with Crippen molar-refractivity contribution in [2.75, 3.05) is 13.2 Å². The van der Waals surface area contributed by atoms with Gasteiger partial charge in [-0.25, -0.2) is 4.79 Å². The van der Waals surface area contributed by atoms with Crippen molar-refractivity contribution in [1.82, 2.24) is 5.32 Å². The summed E-state index contributed by atoms with van der Waals surface area (Å²) in [5.41, 5.74) is 2.17. The molecule has 2 heterocycles. The summed E-state index contributed by atoms with van der Waals surface area (Å²) in [6.07, 6.45) is 1.48. The molecule has 1 saturated heterocycles. The number of benzene rings is 1. The Hall–Kier alpha value is -2.80. The van der Waals surface area contributed by atoms with Crippen LogP contribution in [0.3, 0.4) is 0 Å². The number of hydrogen-bond acceptors (Lipinski definition) is 5. The van der Waals surface area contributed by atoms with Crippen molar-refractivity contribution in [2.45, 2.75) is 39.3 Å². The Labute approximate surface area is 163 Å². The van der Waals surface area contributed by atoms with Crippen LogP contribution >= 0.6 is 0 Å². The molecule has 1 aromatic heterocycles. The Morgan fingerprint density at radius 2 is 2.11 bits per heavy atom. The highest BCUT2D eigenvalue weighted by Crippen LogP contribution is 2.21. The summed E-state index contributed by atoms with van der Waals surface area (Å²) in [7, 11) is 0. The third kappa shape index (κ3) is 4.92. The van der Waals surface area contributed by atoms with E-state index in [9.17, 15) is 14.7 Å². The molecule has 2 N–H and O–H groups in total. The van der Waals surface area contributed by atoms with Gasteiger partial charge in [0.05, 0.1) is 6.61 Å². The van der Waals surface area contributed by atoms with Gasteiger partial charge < -0.3 is 24.3 Å². The van der Waals surface area contributed by atoms with Crippen LogP contribution in [0.5, 0.6) is 5.75 Å². The van der Waals surface area contributed by atoms with Crippen LogP contribution in [-0.2, 0) is 16.1 Å². The van der Waals surface area contributed by atoms with Crippen LogP contribution < -0.4 is 10.1 Å². The molecule has 150 valence electrons. The lowest BCUT2D eigenvalue weighted by Gasteiger charge is -2.27. The molecular formula is C21H25NO6. The highest BCUT2D eigenvalue weighted by atomic mass is 16.5. The van der Waals surface area contributed by atoms with Gasteiger partial charge in [-0.15, -0.1) is 0 Å². The summed E-state index contributed by atoms with van der Waals surface area (Å²) in [6, 6.07) is 8.05. The fraction of sp³-hybridized carbons (Fsp3) is 0.429. The average molecular weight is 387 g/mol. The summed E-state index contributed by atoms with van der Waals surface area (Å²) >= 11 is 0. The van der Waals surface area contributed by atoms with Crippen molar-refractivity contribution >= 4 is 11.9 Å². The Balaban J connectivity index is 1.60. The van der Waals surface area contributed by atoms with Crippen molar-refractivity contribution in [3.05, 3.63) is 53.0 Å². The van der Waals surface area contributed by atoms with Crippen molar-refractivity contribution in [3.8, 4) is 5.75 Å². The second kappa shape index (κ2) is 8.93. The largest absolute Gasteiger partial charge is 0.485 e. The quantitative estimate of drug-likeness (QED) is 0.758. The Kier molecular flexibility index (Phi) is 6.36. The SMILES string of the molecule is Cc1ccc(OCc2ccc(C(=O)NC(C(=O)O)C3CCCOC3)o2)c(C)c1. The maximum absolute atomic E-state index is 12.4. The van der Waals surface area contributed by atoms with E-state index >= 15 is 0 Å². The number of carboxylic acid groups (broad SMARTS) is 1. The molecule has 0 radical (unpaired) electrons. The second-order valence-electron chi connectivity index (χ2n) is 7.09. The first-order valence-electron chi connectivity index (χ1n) is 9.34. The minimum absolute atomic E-state index is 0.0576. The lowest BCUT2D eigenvalue weighted by Crippen LogP contribution is -2.48. The number of aliphatic carboxylic acids is 1. The Morgan fingerprint density at radius 1 is 1.29 bits per heavy atom. The van der Waals surface area contributed by atoms with Crippen LogP contribution in [0, 0.1) is 19.8 Å². The van der Waals surface area contributed by atoms with Crippen LogP contribution in [-0.4, -0.2) is 36.2 Å². The van der Waals surface area contributed by atoms with Crippen molar-refractivity contribution in [1.29, 1.82) is 0 Å². The summed E-state index contributed by atoms with van der Waals surface area (Å²) in [6.45, 7) is 5.10. The molecule has 3 rings (SSSR count). The number of ether oxygens (including phenoxy) is 2. The molecular weight excluding hydrogens is 362 g/mol. The monoisotopic (exact) mass is 387 g/mol. The van der Waals surface area contributed by atoms with Crippen LogP contribution in [0.4, 0.5) is 0 Å². The molecule has 0 spiro atoms. The van der Waals surface area contributed by atoms with Gasteiger partial charge in [0.25, 0.3) is 5.91 Å². The van der Waals surface area contributed by atoms with Crippen LogP contribution in [0.1, 0.15) is 40.3 Å². The van der Waals surface area contributed by atoms with Gasteiger partial charge in [-0.3, -0.25) is 4.79 Å². The van der Waals surface area contributed by atoms with Gasteiger partial charge >= 0.3 is 5.97 Å². The minimum atomic E-state index is -1.08. The van der Waals surface area contributed by atoms with E-state index in [1.54, 1.807) is 6.07 Å². The molecule has 28 heavy (non-hydrogen) atoms. The number of carbonyl (C=O) groups is 2. The van der Waals surface area contributed by atoms with Crippen LogP contribution in [0.15, 0.2) is 34.7 Å². The minimum Gasteiger partial charge on any atom is -0.485 e. The van der Waals surface area contributed by atoms with E-state index in [1.165, 1.54) is 6.07 Å². The van der Waals surface area contributed by atoms with E-state index in [0.717, 1.165) is 23.3 Å². The number of amides is 1. The van der Waals surface area contributed by atoms with E-state index < -0.39 is 17.9 Å². The normalized spacial score (nSPS) is 17.7. The molecule has 2 unspecified atom stereocenters. The molecule has 7 heteroatoms. The van der Waals surface area contributed by atoms with Crippen molar-refractivity contribution in [3.63, 3.8) is 0 Å². The molecule has 1 aliphatic rings. The molecule has 7 nitrogen and oxygen atoms in total. The zero-order valence-corrected chi connectivity index (χ0v) is 16.1. The first-order valence-corrected chi connectivity index (χ1v) is 9.34. The molecule has 1 aromatic carbocycles. The van der Waals surface area contributed by atoms with Crippen molar-refractivity contribution in [2.24, 2.45) is 5.92 Å².